The predicted octanol–water partition coefficient (Wildman–Crippen LogP) is 5.29. The Morgan fingerprint density at radius 3 is 2.56 bits per heavy atom. The Hall–Kier alpha value is -3.57. The first-order chi connectivity index (χ1) is 15.4. The number of halogens is 1. The van der Waals surface area contributed by atoms with Gasteiger partial charge in [-0.25, -0.2) is 0 Å². The molecule has 2 atom stereocenters. The minimum Gasteiger partial charge on any atom is -0.507 e. The van der Waals surface area contributed by atoms with Gasteiger partial charge in [-0.2, -0.15) is 0 Å². The second-order valence-corrected chi connectivity index (χ2v) is 8.45. The molecule has 1 saturated heterocycles. The zero-order valence-electron chi connectivity index (χ0n) is 17.3. The summed E-state index contributed by atoms with van der Waals surface area (Å²) in [6.07, 6.45) is 0.773. The van der Waals surface area contributed by atoms with Crippen LogP contribution >= 0.6 is 11.6 Å². The average Bonchev–Trinajstić information content (AvgIpc) is 3.29. The average molecular weight is 446 g/mol. The zero-order valence-corrected chi connectivity index (χ0v) is 18.0. The third kappa shape index (κ3) is 3.35. The Labute approximate surface area is 190 Å². The number of ether oxygens (including phenoxy) is 1. The van der Waals surface area contributed by atoms with E-state index in [2.05, 4.69) is 0 Å². The summed E-state index contributed by atoms with van der Waals surface area (Å²) in [6, 6.07) is 20.5. The summed E-state index contributed by atoms with van der Waals surface area (Å²) in [5, 5.41) is 11.7. The van der Waals surface area contributed by atoms with Crippen LogP contribution < -0.4 is 9.64 Å². The number of aliphatic hydroxyl groups is 1. The van der Waals surface area contributed by atoms with E-state index in [9.17, 15) is 14.7 Å². The lowest BCUT2D eigenvalue weighted by molar-refractivity contribution is -0.132. The van der Waals surface area contributed by atoms with Gasteiger partial charge in [0.15, 0.2) is 0 Å². The van der Waals surface area contributed by atoms with Crippen LogP contribution in [0.25, 0.3) is 5.76 Å². The highest BCUT2D eigenvalue weighted by Crippen LogP contribution is 2.43. The molecule has 160 valence electrons. The highest BCUT2D eigenvalue weighted by atomic mass is 35.5. The first-order valence-electron chi connectivity index (χ1n) is 10.4. The number of benzene rings is 3. The van der Waals surface area contributed by atoms with Crippen molar-refractivity contribution in [3.05, 3.63) is 100 Å². The predicted molar refractivity (Wildman–Crippen MR) is 123 cm³/mol. The van der Waals surface area contributed by atoms with E-state index in [1.807, 2.05) is 43.3 Å². The SMILES string of the molecule is CC1Cc2cc(/C(O)=C3/C(=O)C(=O)N(c4cccc(Cl)c4)C3c3ccccc3)ccc2O1. The summed E-state index contributed by atoms with van der Waals surface area (Å²) in [7, 11) is 0. The van der Waals surface area contributed by atoms with E-state index < -0.39 is 17.7 Å². The minimum atomic E-state index is -0.780. The Kier molecular flexibility index (Phi) is 4.98. The normalized spacial score (nSPS) is 21.5. The van der Waals surface area contributed by atoms with Crippen molar-refractivity contribution >= 4 is 34.7 Å². The van der Waals surface area contributed by atoms with Gasteiger partial charge in [0.25, 0.3) is 11.7 Å². The van der Waals surface area contributed by atoms with Gasteiger partial charge in [0.2, 0.25) is 0 Å². The maximum atomic E-state index is 13.2. The van der Waals surface area contributed by atoms with Crippen LogP contribution in [0.2, 0.25) is 5.02 Å². The fourth-order valence-electron chi connectivity index (χ4n) is 4.40. The van der Waals surface area contributed by atoms with Gasteiger partial charge in [0.05, 0.1) is 11.6 Å². The van der Waals surface area contributed by atoms with Crippen molar-refractivity contribution in [1.82, 2.24) is 0 Å². The fourth-order valence-corrected chi connectivity index (χ4v) is 4.58. The fraction of sp³-hybridized carbons (Fsp3) is 0.154. The molecule has 0 spiro atoms. The molecule has 2 heterocycles. The quantitative estimate of drug-likeness (QED) is 0.338. The van der Waals surface area contributed by atoms with Gasteiger partial charge in [-0.15, -0.1) is 0 Å². The molecule has 5 nitrogen and oxygen atoms in total. The molecular weight excluding hydrogens is 426 g/mol. The van der Waals surface area contributed by atoms with Gasteiger partial charge >= 0.3 is 0 Å². The second kappa shape index (κ2) is 7.84. The third-order valence-corrected chi connectivity index (χ3v) is 6.05. The number of Topliss-reactive ketones (excluding diaryl/α,β-unsaturated/α-hetero) is 1. The molecule has 2 aliphatic rings. The van der Waals surface area contributed by atoms with E-state index in [1.165, 1.54) is 4.90 Å². The molecular formula is C26H20ClNO4. The van der Waals surface area contributed by atoms with Crippen LogP contribution in [0.1, 0.15) is 29.7 Å². The van der Waals surface area contributed by atoms with Crippen molar-refractivity contribution in [3.63, 3.8) is 0 Å². The number of hydrogen-bond donors (Lipinski definition) is 1. The summed E-state index contributed by atoms with van der Waals surface area (Å²) in [5.74, 6) is -0.876. The Morgan fingerprint density at radius 1 is 1.03 bits per heavy atom. The first-order valence-corrected chi connectivity index (χ1v) is 10.7. The van der Waals surface area contributed by atoms with Crippen LogP contribution in [0, 0.1) is 0 Å². The monoisotopic (exact) mass is 445 g/mol. The van der Waals surface area contributed by atoms with Crippen molar-refractivity contribution in [3.8, 4) is 5.75 Å². The van der Waals surface area contributed by atoms with Crippen LogP contribution in [-0.2, 0) is 16.0 Å². The van der Waals surface area contributed by atoms with Crippen molar-refractivity contribution < 1.29 is 19.4 Å². The molecule has 0 aliphatic carbocycles. The van der Waals surface area contributed by atoms with E-state index in [0.717, 1.165) is 17.7 Å². The highest BCUT2D eigenvalue weighted by Gasteiger charge is 2.47. The number of hydrogen-bond acceptors (Lipinski definition) is 4. The highest BCUT2D eigenvalue weighted by molar-refractivity contribution is 6.51. The van der Waals surface area contributed by atoms with Crippen LogP contribution in [0.3, 0.4) is 0 Å². The Morgan fingerprint density at radius 2 is 1.81 bits per heavy atom. The summed E-state index contributed by atoms with van der Waals surface area (Å²) in [4.78, 5) is 27.7. The van der Waals surface area contributed by atoms with Crippen LogP contribution in [0.5, 0.6) is 5.75 Å². The lowest BCUT2D eigenvalue weighted by Gasteiger charge is -2.25. The Bertz CT molecular complexity index is 1270. The van der Waals surface area contributed by atoms with E-state index in [-0.39, 0.29) is 17.4 Å². The van der Waals surface area contributed by atoms with Gasteiger partial charge in [-0.3, -0.25) is 14.5 Å². The molecule has 1 amide bonds. The number of carbonyl (C=O) groups is 2. The van der Waals surface area contributed by atoms with E-state index in [4.69, 9.17) is 16.3 Å². The first kappa shape index (κ1) is 20.3. The molecule has 3 aromatic carbocycles. The molecule has 0 aromatic heterocycles. The Balaban J connectivity index is 1.69. The topological polar surface area (TPSA) is 66.8 Å². The van der Waals surface area contributed by atoms with Gasteiger partial charge < -0.3 is 9.84 Å². The van der Waals surface area contributed by atoms with Crippen molar-refractivity contribution in [2.24, 2.45) is 0 Å². The smallest absolute Gasteiger partial charge is 0.300 e. The van der Waals surface area contributed by atoms with Gasteiger partial charge in [-0.1, -0.05) is 48.0 Å². The van der Waals surface area contributed by atoms with Crippen LogP contribution in [-0.4, -0.2) is 22.9 Å². The number of anilines is 1. The van der Waals surface area contributed by atoms with Crippen molar-refractivity contribution in [2.45, 2.75) is 25.5 Å². The van der Waals surface area contributed by atoms with Gasteiger partial charge in [0, 0.05) is 22.7 Å². The van der Waals surface area contributed by atoms with Crippen LogP contribution in [0.15, 0.2) is 78.4 Å². The van der Waals surface area contributed by atoms with Crippen LogP contribution in [0.4, 0.5) is 5.69 Å². The third-order valence-electron chi connectivity index (χ3n) is 5.82. The van der Waals surface area contributed by atoms with Crippen molar-refractivity contribution in [2.75, 3.05) is 4.90 Å². The lowest BCUT2D eigenvalue weighted by Crippen LogP contribution is -2.29. The molecule has 32 heavy (non-hydrogen) atoms. The summed E-state index contributed by atoms with van der Waals surface area (Å²) >= 11 is 6.17. The summed E-state index contributed by atoms with van der Waals surface area (Å²) in [6.45, 7) is 1.98. The van der Waals surface area contributed by atoms with E-state index in [0.29, 0.717) is 21.8 Å². The molecule has 2 aliphatic heterocycles. The molecule has 0 bridgehead atoms. The van der Waals surface area contributed by atoms with E-state index >= 15 is 0 Å². The zero-order chi connectivity index (χ0) is 22.4. The molecule has 6 heteroatoms. The number of carbonyl (C=O) groups excluding carboxylic acids is 2. The van der Waals surface area contributed by atoms with E-state index in [1.54, 1.807) is 36.4 Å². The standard InChI is InChI=1S/C26H20ClNO4/c1-15-12-18-13-17(10-11-21(18)32-15)24(29)22-23(16-6-3-2-4-7-16)28(26(31)25(22)30)20-9-5-8-19(27)14-20/h2-11,13-15,23,29H,12H2,1H3/b24-22-. The molecule has 1 N–H and O–H groups in total. The molecule has 0 saturated carbocycles. The van der Waals surface area contributed by atoms with Gasteiger partial charge in [-0.05, 0) is 54.4 Å². The molecule has 0 radical (unpaired) electrons. The summed E-state index contributed by atoms with van der Waals surface area (Å²) < 4.78 is 5.74. The molecule has 2 unspecified atom stereocenters. The number of aliphatic hydroxyl groups excluding tert-OH is 1. The molecule has 3 aromatic rings. The number of ketones is 1. The largest absolute Gasteiger partial charge is 0.507 e. The number of nitrogens with zero attached hydrogens (tertiary/aromatic N) is 1. The second-order valence-electron chi connectivity index (χ2n) is 8.01. The minimum absolute atomic E-state index is 0.0492. The lowest BCUT2D eigenvalue weighted by atomic mass is 9.94. The molecule has 5 rings (SSSR count). The summed E-state index contributed by atoms with van der Waals surface area (Å²) in [5.41, 5.74) is 2.69. The maximum Gasteiger partial charge on any atom is 0.300 e. The van der Waals surface area contributed by atoms with Crippen molar-refractivity contribution in [1.29, 1.82) is 0 Å². The number of rotatable bonds is 3. The molecule has 1 fully saturated rings. The maximum absolute atomic E-state index is 13.2. The number of fused-ring (bicyclic) bond motifs is 1. The van der Waals surface area contributed by atoms with Gasteiger partial charge in [0.1, 0.15) is 17.6 Å². The number of amides is 1.